The van der Waals surface area contributed by atoms with Gasteiger partial charge in [0.05, 0.1) is 10.7 Å². The Morgan fingerprint density at radius 2 is 2.05 bits per heavy atom. The van der Waals surface area contributed by atoms with E-state index < -0.39 is 5.97 Å². The van der Waals surface area contributed by atoms with Crippen LogP contribution >= 0.6 is 11.3 Å². The van der Waals surface area contributed by atoms with Gasteiger partial charge in [-0.2, -0.15) is 0 Å². The van der Waals surface area contributed by atoms with Gasteiger partial charge in [0, 0.05) is 25.7 Å². The summed E-state index contributed by atoms with van der Waals surface area (Å²) in [5, 5.41) is 9.87. The summed E-state index contributed by atoms with van der Waals surface area (Å²) in [6.07, 6.45) is 0.754. The number of hydrogen-bond donors (Lipinski definition) is 1. The molecule has 4 nitrogen and oxygen atoms in total. The first-order valence-corrected chi connectivity index (χ1v) is 6.85. The maximum absolute atomic E-state index is 11.0. The molecule has 0 aliphatic heterocycles. The van der Waals surface area contributed by atoms with Gasteiger partial charge in [-0.1, -0.05) is 18.2 Å². The van der Waals surface area contributed by atoms with Crippen LogP contribution in [0.15, 0.2) is 30.3 Å². The summed E-state index contributed by atoms with van der Waals surface area (Å²) < 4.78 is 0. The largest absolute Gasteiger partial charge is 0.477 e. The number of carbonyl (C=O) groups is 1. The number of aromatic nitrogens is 1. The molecule has 19 heavy (non-hydrogen) atoms. The number of hydrogen-bond acceptors (Lipinski definition) is 4. The number of aromatic carboxylic acids is 1. The summed E-state index contributed by atoms with van der Waals surface area (Å²) in [5.41, 5.74) is 1.75. The minimum Gasteiger partial charge on any atom is -0.477 e. The van der Waals surface area contributed by atoms with E-state index in [0.29, 0.717) is 10.6 Å². The quantitative estimate of drug-likeness (QED) is 0.912. The molecule has 2 rings (SSSR count). The van der Waals surface area contributed by atoms with Crippen molar-refractivity contribution in [1.29, 1.82) is 0 Å². The molecule has 1 heterocycles. The van der Waals surface area contributed by atoms with Gasteiger partial charge < -0.3 is 10.0 Å². The molecule has 0 aliphatic carbocycles. The highest BCUT2D eigenvalue weighted by molar-refractivity contribution is 7.13. The summed E-state index contributed by atoms with van der Waals surface area (Å²) in [5.74, 6) is -0.891. The Hall–Kier alpha value is -1.88. The molecule has 0 aliphatic rings. The Bertz CT molecular complexity index is 566. The van der Waals surface area contributed by atoms with E-state index in [1.165, 1.54) is 11.3 Å². The molecule has 5 heteroatoms. The Kier molecular flexibility index (Phi) is 4.16. The van der Waals surface area contributed by atoms with Crippen molar-refractivity contribution in [3.8, 4) is 0 Å². The van der Waals surface area contributed by atoms with Gasteiger partial charge in [0.2, 0.25) is 0 Å². The smallest absolute Gasteiger partial charge is 0.347 e. The van der Waals surface area contributed by atoms with Crippen LogP contribution in [0.25, 0.3) is 0 Å². The van der Waals surface area contributed by atoms with Gasteiger partial charge in [0.15, 0.2) is 0 Å². The Balaban J connectivity index is 1.99. The molecule has 1 aromatic heterocycles. The third-order valence-electron chi connectivity index (χ3n) is 2.89. The van der Waals surface area contributed by atoms with Crippen LogP contribution in [0, 0.1) is 6.92 Å². The van der Waals surface area contributed by atoms with Crippen molar-refractivity contribution < 1.29 is 9.90 Å². The zero-order chi connectivity index (χ0) is 13.8. The van der Waals surface area contributed by atoms with E-state index >= 15 is 0 Å². The minimum absolute atomic E-state index is 0.345. The van der Waals surface area contributed by atoms with Crippen LogP contribution in [-0.2, 0) is 6.42 Å². The number of carboxylic acids is 1. The van der Waals surface area contributed by atoms with Crippen molar-refractivity contribution in [2.75, 3.05) is 18.5 Å². The second-order valence-electron chi connectivity index (χ2n) is 4.33. The molecule has 0 spiro atoms. The average molecular weight is 276 g/mol. The van der Waals surface area contributed by atoms with E-state index in [0.717, 1.165) is 23.7 Å². The van der Waals surface area contributed by atoms with E-state index in [-0.39, 0.29) is 0 Å². The summed E-state index contributed by atoms with van der Waals surface area (Å²) in [6.45, 7) is 2.56. The van der Waals surface area contributed by atoms with E-state index in [1.807, 2.05) is 25.2 Å². The third-order valence-corrected chi connectivity index (χ3v) is 4.10. The predicted molar refractivity (Wildman–Crippen MR) is 77.2 cm³/mol. The molecule has 100 valence electrons. The van der Waals surface area contributed by atoms with Gasteiger partial charge in [-0.3, -0.25) is 0 Å². The van der Waals surface area contributed by atoms with Crippen LogP contribution in [0.1, 0.15) is 20.4 Å². The predicted octanol–water partition coefficient (Wildman–Crippen LogP) is 2.83. The van der Waals surface area contributed by atoms with Gasteiger partial charge in [-0.15, -0.1) is 11.3 Å². The molecule has 2 aromatic rings. The highest BCUT2D eigenvalue weighted by atomic mass is 32.1. The molecule has 0 saturated heterocycles. The number of anilines is 1. The first-order valence-electron chi connectivity index (χ1n) is 6.03. The van der Waals surface area contributed by atoms with Crippen molar-refractivity contribution in [2.45, 2.75) is 13.3 Å². The van der Waals surface area contributed by atoms with Gasteiger partial charge in [0.25, 0.3) is 0 Å². The third kappa shape index (κ3) is 3.32. The fourth-order valence-electron chi connectivity index (χ4n) is 1.83. The molecule has 0 saturated carbocycles. The van der Waals surface area contributed by atoms with Crippen LogP contribution < -0.4 is 4.90 Å². The van der Waals surface area contributed by atoms with Crippen LogP contribution in [-0.4, -0.2) is 29.7 Å². The molecule has 0 bridgehead atoms. The zero-order valence-electron chi connectivity index (χ0n) is 11.0. The van der Waals surface area contributed by atoms with Crippen molar-refractivity contribution >= 4 is 23.0 Å². The van der Waals surface area contributed by atoms with Crippen molar-refractivity contribution in [3.63, 3.8) is 0 Å². The number of carboxylic acid groups (broad SMARTS) is 1. The highest BCUT2D eigenvalue weighted by Crippen LogP contribution is 2.19. The molecular formula is C14H16N2O2S. The van der Waals surface area contributed by atoms with Gasteiger partial charge in [-0.25, -0.2) is 9.78 Å². The number of likely N-dealkylation sites (N-methyl/N-ethyl adjacent to an activating group) is 1. The average Bonchev–Trinajstić information content (AvgIpc) is 2.78. The fourth-order valence-corrected chi connectivity index (χ4v) is 2.72. The molecule has 0 fully saturated rings. The van der Waals surface area contributed by atoms with Crippen LogP contribution in [0.3, 0.4) is 0 Å². The van der Waals surface area contributed by atoms with Gasteiger partial charge in [0.1, 0.15) is 4.88 Å². The monoisotopic (exact) mass is 276 g/mol. The maximum atomic E-state index is 11.0. The SMILES string of the molecule is Cc1nc(CCN(C)c2ccccc2)sc1C(=O)O. The van der Waals surface area contributed by atoms with E-state index in [4.69, 9.17) is 5.11 Å². The first-order chi connectivity index (χ1) is 9.08. The Morgan fingerprint density at radius 3 is 2.63 bits per heavy atom. The number of benzene rings is 1. The lowest BCUT2D eigenvalue weighted by molar-refractivity contribution is 0.0701. The Morgan fingerprint density at radius 1 is 1.37 bits per heavy atom. The van der Waals surface area contributed by atoms with Crippen LogP contribution in [0.4, 0.5) is 5.69 Å². The molecule has 0 radical (unpaired) electrons. The van der Waals surface area contributed by atoms with E-state index in [9.17, 15) is 4.79 Å². The molecular weight excluding hydrogens is 260 g/mol. The van der Waals surface area contributed by atoms with Crippen LogP contribution in [0.2, 0.25) is 0 Å². The van der Waals surface area contributed by atoms with Gasteiger partial charge >= 0.3 is 5.97 Å². The van der Waals surface area contributed by atoms with Crippen LogP contribution in [0.5, 0.6) is 0 Å². The van der Waals surface area contributed by atoms with Crippen molar-refractivity contribution in [3.05, 3.63) is 45.9 Å². The maximum Gasteiger partial charge on any atom is 0.347 e. The zero-order valence-corrected chi connectivity index (χ0v) is 11.8. The first kappa shape index (κ1) is 13.5. The minimum atomic E-state index is -0.891. The summed E-state index contributed by atoms with van der Waals surface area (Å²) >= 11 is 1.27. The second kappa shape index (κ2) is 5.84. The molecule has 1 aromatic carbocycles. The van der Waals surface area contributed by atoms with E-state index in [2.05, 4.69) is 22.0 Å². The molecule has 0 amide bonds. The second-order valence-corrected chi connectivity index (χ2v) is 5.42. The topological polar surface area (TPSA) is 53.4 Å². The molecule has 0 atom stereocenters. The lowest BCUT2D eigenvalue weighted by Crippen LogP contribution is -2.19. The normalized spacial score (nSPS) is 10.4. The molecule has 1 N–H and O–H groups in total. The summed E-state index contributed by atoms with van der Waals surface area (Å²) in [4.78, 5) is 17.7. The number of para-hydroxylation sites is 1. The number of aryl methyl sites for hydroxylation is 1. The summed E-state index contributed by atoms with van der Waals surface area (Å²) in [7, 11) is 2.02. The number of nitrogens with zero attached hydrogens (tertiary/aromatic N) is 2. The fraction of sp³-hybridized carbons (Fsp3) is 0.286. The highest BCUT2D eigenvalue weighted by Gasteiger charge is 2.14. The standard InChI is InChI=1S/C14H16N2O2S/c1-10-13(14(17)18)19-12(15-10)8-9-16(2)11-6-4-3-5-7-11/h3-7H,8-9H2,1-2H3,(H,17,18). The lowest BCUT2D eigenvalue weighted by atomic mass is 10.3. The summed E-state index contributed by atoms with van der Waals surface area (Å²) in [6, 6.07) is 10.1. The Labute approximate surface area is 116 Å². The van der Waals surface area contributed by atoms with Crippen molar-refractivity contribution in [1.82, 2.24) is 4.98 Å². The molecule has 0 unspecified atom stereocenters. The number of rotatable bonds is 5. The van der Waals surface area contributed by atoms with Crippen molar-refractivity contribution in [2.24, 2.45) is 0 Å². The van der Waals surface area contributed by atoms with Gasteiger partial charge in [-0.05, 0) is 19.1 Å². The lowest BCUT2D eigenvalue weighted by Gasteiger charge is -2.18. The van der Waals surface area contributed by atoms with E-state index in [1.54, 1.807) is 6.92 Å². The number of thiazole rings is 1.